The minimum atomic E-state index is -2.28. The van der Waals surface area contributed by atoms with Crippen LogP contribution in [0.4, 0.5) is 0 Å². The number of carbonyl (C=O) groups excluding carboxylic acids is 1. The Balaban J connectivity index is 2.26. The average molecular weight is 335 g/mol. The molecule has 3 aromatic carbocycles. The Bertz CT molecular complexity index is 695. The molecule has 0 unspecified atom stereocenters. The fourth-order valence-corrected chi connectivity index (χ4v) is 6.53. The molecule has 0 heterocycles. The van der Waals surface area contributed by atoms with Gasteiger partial charge < -0.3 is 9.90 Å². The molecule has 0 radical (unpaired) electrons. The number of hydrogen-bond acceptors (Lipinski definition) is 3. The van der Waals surface area contributed by atoms with Crippen molar-refractivity contribution in [3.63, 3.8) is 0 Å². The van der Waals surface area contributed by atoms with Gasteiger partial charge in [-0.15, -0.1) is 0 Å². The van der Waals surface area contributed by atoms with Crippen molar-refractivity contribution in [2.45, 2.75) is 0 Å². The minimum absolute atomic E-state index is 0.202. The van der Waals surface area contributed by atoms with Crippen LogP contribution in [0.15, 0.2) is 91.0 Å². The molecule has 0 saturated heterocycles. The van der Waals surface area contributed by atoms with Crippen LogP contribution < -0.4 is 26.1 Å². The summed E-state index contributed by atoms with van der Waals surface area (Å²) in [5.74, 6) is -1.11. The van der Waals surface area contributed by atoms with Gasteiger partial charge in [-0.1, -0.05) is 54.6 Å². The Morgan fingerprint density at radius 2 is 1.04 bits per heavy atom. The molecular weight excluding hydrogens is 317 g/mol. The maximum atomic E-state index is 11.2. The van der Waals surface area contributed by atoms with E-state index in [1.54, 1.807) is 0 Å². The maximum absolute atomic E-state index is 11.2. The van der Waals surface area contributed by atoms with Gasteiger partial charge in [-0.3, -0.25) is 0 Å². The van der Waals surface area contributed by atoms with E-state index in [1.807, 2.05) is 54.6 Å². The predicted molar refractivity (Wildman–Crippen MR) is 98.2 cm³/mol. The Morgan fingerprint density at radius 1 is 0.708 bits per heavy atom. The van der Waals surface area contributed by atoms with Crippen LogP contribution >= 0.6 is 7.41 Å². The smallest absolute Gasteiger partial charge is 0.178 e. The third-order valence-corrected chi connectivity index (χ3v) is 7.74. The van der Waals surface area contributed by atoms with Gasteiger partial charge in [0.2, 0.25) is 0 Å². The summed E-state index contributed by atoms with van der Waals surface area (Å²) < 4.78 is 0. The molecule has 0 aliphatic heterocycles. The fraction of sp³-hybridized carbons (Fsp3) is 0.0500. The van der Waals surface area contributed by atoms with Crippen LogP contribution in [0.3, 0.4) is 0 Å². The van der Waals surface area contributed by atoms with Gasteiger partial charge >= 0.3 is 0 Å². The molecule has 0 atom stereocenters. The third-order valence-electron chi connectivity index (χ3n) is 3.89. The predicted octanol–water partition coefficient (Wildman–Crippen LogP) is 1.23. The first-order valence-corrected chi connectivity index (χ1v) is 9.53. The van der Waals surface area contributed by atoms with Crippen LogP contribution in [-0.2, 0) is 4.79 Å². The van der Waals surface area contributed by atoms with Gasteiger partial charge in [-0.05, 0) is 36.4 Å². The van der Waals surface area contributed by atoms with Crippen LogP contribution in [0, 0.1) is 0 Å². The summed E-state index contributed by atoms with van der Waals surface area (Å²) in [5.41, 5.74) is 0. The molecule has 24 heavy (non-hydrogen) atoms. The quantitative estimate of drug-likeness (QED) is 0.690. The normalized spacial score (nSPS) is 11.2. The van der Waals surface area contributed by atoms with E-state index in [1.165, 1.54) is 0 Å². The molecule has 4 heteroatoms. The fourth-order valence-electron chi connectivity index (χ4n) is 2.86. The summed E-state index contributed by atoms with van der Waals surface area (Å²) in [5, 5.41) is 17.8. The first-order valence-electron chi connectivity index (χ1n) is 7.74. The summed E-state index contributed by atoms with van der Waals surface area (Å²) in [6, 6.07) is 30.1. The highest BCUT2D eigenvalue weighted by atomic mass is 31.2. The van der Waals surface area contributed by atoms with E-state index in [-0.39, 0.29) is 6.54 Å². The maximum Gasteiger partial charge on any atom is 0.178 e. The lowest BCUT2D eigenvalue weighted by Gasteiger charge is -2.28. The average Bonchev–Trinajstić information content (AvgIpc) is 2.65. The van der Waals surface area contributed by atoms with Gasteiger partial charge in [0, 0.05) is 0 Å². The van der Waals surface area contributed by atoms with Gasteiger partial charge in [-0.2, -0.15) is 5.09 Å². The highest BCUT2D eigenvalue weighted by Gasteiger charge is 2.45. The highest BCUT2D eigenvalue weighted by molar-refractivity contribution is 7.94. The zero-order valence-corrected chi connectivity index (χ0v) is 14.0. The molecule has 0 fully saturated rings. The molecule has 120 valence electrons. The Labute approximate surface area is 142 Å². The minimum Gasteiger partial charge on any atom is -0.549 e. The number of nitrogens with one attached hydrogen (secondary N) is 1. The number of carboxylic acids is 1. The first-order chi connectivity index (χ1) is 11.7. The van der Waals surface area contributed by atoms with Crippen molar-refractivity contribution in [2.24, 2.45) is 0 Å². The second kappa shape index (κ2) is 7.39. The Hall–Kier alpha value is -2.48. The Morgan fingerprint density at radius 3 is 1.33 bits per heavy atom. The highest BCUT2D eigenvalue weighted by Crippen LogP contribution is 2.50. The lowest BCUT2D eigenvalue weighted by molar-refractivity contribution is -0.303. The van der Waals surface area contributed by atoms with E-state index in [9.17, 15) is 9.90 Å². The van der Waals surface area contributed by atoms with Crippen molar-refractivity contribution >= 4 is 29.3 Å². The summed E-state index contributed by atoms with van der Waals surface area (Å²) in [6.45, 7) is -0.202. The Kier molecular flexibility index (Phi) is 5.05. The van der Waals surface area contributed by atoms with Crippen molar-refractivity contribution in [3.05, 3.63) is 91.0 Å². The molecule has 3 rings (SSSR count). The molecule has 1 N–H and O–H groups in total. The molecule has 0 aromatic heterocycles. The number of carboxylic acid groups (broad SMARTS) is 1. The number of carbonyl (C=O) groups is 1. The molecule has 3 nitrogen and oxygen atoms in total. The van der Waals surface area contributed by atoms with Crippen LogP contribution in [0.25, 0.3) is 0 Å². The summed E-state index contributed by atoms with van der Waals surface area (Å²) >= 11 is 0. The van der Waals surface area contributed by atoms with Crippen LogP contribution in [0.1, 0.15) is 0 Å². The van der Waals surface area contributed by atoms with Crippen molar-refractivity contribution in [2.75, 3.05) is 6.54 Å². The van der Waals surface area contributed by atoms with Gasteiger partial charge in [0.25, 0.3) is 0 Å². The molecule has 0 bridgehead atoms. The van der Waals surface area contributed by atoms with Crippen LogP contribution in [0.5, 0.6) is 0 Å². The van der Waals surface area contributed by atoms with E-state index < -0.39 is 13.4 Å². The molecule has 3 aromatic rings. The number of aliphatic carboxylic acids is 1. The first kappa shape index (κ1) is 16.4. The number of hydrogen-bond donors (Lipinski definition) is 1. The van der Waals surface area contributed by atoms with Gasteiger partial charge in [0.05, 0.1) is 12.5 Å². The molecule has 0 aliphatic rings. The van der Waals surface area contributed by atoms with E-state index >= 15 is 0 Å². The van der Waals surface area contributed by atoms with Crippen molar-refractivity contribution < 1.29 is 9.90 Å². The van der Waals surface area contributed by atoms with E-state index in [0.29, 0.717) is 0 Å². The van der Waals surface area contributed by atoms with E-state index in [2.05, 4.69) is 41.5 Å². The van der Waals surface area contributed by atoms with E-state index in [4.69, 9.17) is 0 Å². The summed E-state index contributed by atoms with van der Waals surface area (Å²) in [6.07, 6.45) is 0. The standard InChI is InChI=1S/C20H18NO2P/c22-20(23)16-21-24(17-10-4-1-5-11-17,18-12-6-2-7-13-18)19-14-8-3-9-15-19/h1-15,21H,16H2. The lowest BCUT2D eigenvalue weighted by atomic mass is 10.4. The second-order valence-electron chi connectivity index (χ2n) is 5.38. The van der Waals surface area contributed by atoms with Crippen LogP contribution in [0.2, 0.25) is 0 Å². The van der Waals surface area contributed by atoms with Crippen molar-refractivity contribution in [1.82, 2.24) is 5.09 Å². The van der Waals surface area contributed by atoms with Crippen LogP contribution in [-0.4, -0.2) is 12.5 Å². The zero-order valence-electron chi connectivity index (χ0n) is 13.1. The van der Waals surface area contributed by atoms with Crippen molar-refractivity contribution in [3.8, 4) is 0 Å². The third kappa shape index (κ3) is 3.23. The largest absolute Gasteiger partial charge is 0.549 e. The van der Waals surface area contributed by atoms with Gasteiger partial charge in [0.1, 0.15) is 15.9 Å². The molecule has 0 spiro atoms. The number of rotatable bonds is 6. The van der Waals surface area contributed by atoms with Gasteiger partial charge in [-0.25, -0.2) is 0 Å². The monoisotopic (exact) mass is 335 g/mol. The zero-order chi connectivity index (χ0) is 16.8. The molecule has 0 saturated carbocycles. The summed E-state index contributed by atoms with van der Waals surface area (Å²) in [4.78, 5) is 11.2. The second-order valence-corrected chi connectivity index (χ2v) is 8.59. The topological polar surface area (TPSA) is 52.2 Å². The van der Waals surface area contributed by atoms with E-state index in [0.717, 1.165) is 15.9 Å². The lowest BCUT2D eigenvalue weighted by Crippen LogP contribution is -2.45. The molecule has 0 amide bonds. The molecular formula is C20H18NO2P. The SMILES string of the molecule is O=C([O-])CN[P+](c1ccccc1)(c1ccccc1)c1ccccc1. The molecule has 0 aliphatic carbocycles. The number of benzene rings is 3. The van der Waals surface area contributed by atoms with Crippen molar-refractivity contribution in [1.29, 1.82) is 0 Å². The van der Waals surface area contributed by atoms with Gasteiger partial charge in [0.15, 0.2) is 7.41 Å². The summed E-state index contributed by atoms with van der Waals surface area (Å²) in [7, 11) is -2.28.